The van der Waals surface area contributed by atoms with E-state index in [4.69, 9.17) is 18.9 Å². The third-order valence-electron chi connectivity index (χ3n) is 4.92. The molecule has 2 aromatic carbocycles. The van der Waals surface area contributed by atoms with E-state index in [2.05, 4.69) is 9.97 Å². The molecular formula is C26H26N2O7. The minimum atomic E-state index is -1.17. The Morgan fingerprint density at radius 1 is 1.09 bits per heavy atom. The van der Waals surface area contributed by atoms with Gasteiger partial charge in [-0.3, -0.25) is 9.59 Å². The summed E-state index contributed by atoms with van der Waals surface area (Å²) in [6, 6.07) is 13.9. The van der Waals surface area contributed by atoms with Crippen LogP contribution in [-0.4, -0.2) is 48.0 Å². The van der Waals surface area contributed by atoms with Gasteiger partial charge >= 0.3 is 11.9 Å². The van der Waals surface area contributed by atoms with E-state index < -0.39 is 18.0 Å². The summed E-state index contributed by atoms with van der Waals surface area (Å²) in [4.78, 5) is 44.1. The Hall–Kier alpha value is -4.27. The van der Waals surface area contributed by atoms with Gasteiger partial charge in [0.15, 0.2) is 5.82 Å². The third-order valence-corrected chi connectivity index (χ3v) is 4.92. The van der Waals surface area contributed by atoms with Crippen molar-refractivity contribution in [2.75, 3.05) is 13.7 Å². The van der Waals surface area contributed by atoms with Crippen LogP contribution in [0.15, 0.2) is 54.7 Å². The van der Waals surface area contributed by atoms with E-state index in [1.54, 1.807) is 44.5 Å². The van der Waals surface area contributed by atoms with E-state index in [1.165, 1.54) is 6.92 Å². The zero-order valence-electron chi connectivity index (χ0n) is 19.7. The summed E-state index contributed by atoms with van der Waals surface area (Å²) in [7, 11) is 1.58. The van der Waals surface area contributed by atoms with Crippen molar-refractivity contribution in [2.45, 2.75) is 33.0 Å². The highest BCUT2D eigenvalue weighted by Gasteiger charge is 2.25. The van der Waals surface area contributed by atoms with Crippen LogP contribution in [0, 0.1) is 0 Å². The zero-order valence-corrected chi connectivity index (χ0v) is 19.7. The Morgan fingerprint density at radius 3 is 2.60 bits per heavy atom. The number of aromatic nitrogens is 2. The molecule has 9 nitrogen and oxygen atoms in total. The van der Waals surface area contributed by atoms with Crippen LogP contribution in [-0.2, 0) is 32.1 Å². The second-order valence-electron chi connectivity index (χ2n) is 7.40. The number of carbonyl (C=O) groups excluding carboxylic acids is 3. The number of methoxy groups -OCH3 is 1. The highest BCUT2D eigenvalue weighted by atomic mass is 16.6. The summed E-state index contributed by atoms with van der Waals surface area (Å²) >= 11 is 0. The summed E-state index contributed by atoms with van der Waals surface area (Å²) in [5, 5.41) is 0. The van der Waals surface area contributed by atoms with Crippen molar-refractivity contribution in [2.24, 2.45) is 0 Å². The van der Waals surface area contributed by atoms with Crippen LogP contribution in [0.5, 0.6) is 11.5 Å². The molecule has 0 aliphatic heterocycles. The molecule has 1 aromatic heterocycles. The van der Waals surface area contributed by atoms with Crippen LogP contribution in [0.25, 0.3) is 11.4 Å². The number of ether oxygens (including phenoxy) is 4. The van der Waals surface area contributed by atoms with Crippen molar-refractivity contribution >= 4 is 18.2 Å². The van der Waals surface area contributed by atoms with Crippen molar-refractivity contribution in [3.05, 3.63) is 71.5 Å². The summed E-state index contributed by atoms with van der Waals surface area (Å²) in [5.41, 5.74) is 2.24. The molecule has 0 saturated carbocycles. The Labute approximate surface area is 203 Å². The highest BCUT2D eigenvalue weighted by molar-refractivity contribution is 5.80. The first kappa shape index (κ1) is 25.4. The average Bonchev–Trinajstić information content (AvgIpc) is 2.87. The van der Waals surface area contributed by atoms with Gasteiger partial charge < -0.3 is 18.9 Å². The third kappa shape index (κ3) is 6.86. The molecule has 0 unspecified atom stereocenters. The molecule has 0 spiro atoms. The molecule has 0 aliphatic rings. The fourth-order valence-electron chi connectivity index (χ4n) is 3.37. The first-order valence-corrected chi connectivity index (χ1v) is 10.9. The summed E-state index contributed by atoms with van der Waals surface area (Å²) in [6.45, 7) is 3.09. The first-order valence-electron chi connectivity index (χ1n) is 10.9. The second kappa shape index (κ2) is 12.3. The van der Waals surface area contributed by atoms with Crippen molar-refractivity contribution < 1.29 is 33.3 Å². The molecule has 35 heavy (non-hydrogen) atoms. The SMILES string of the molecule is CCOC(=O)[C@@H](Cc1cc(C=O)ccc1OCc1ccnc(-c2ccccc2OC)n1)OC(C)=O. The fourth-order valence-corrected chi connectivity index (χ4v) is 3.37. The molecule has 1 atom stereocenters. The lowest BCUT2D eigenvalue weighted by Gasteiger charge is -2.18. The Morgan fingerprint density at radius 2 is 1.89 bits per heavy atom. The van der Waals surface area contributed by atoms with Gasteiger partial charge in [-0.15, -0.1) is 0 Å². The van der Waals surface area contributed by atoms with E-state index in [0.29, 0.717) is 40.4 Å². The molecule has 3 aromatic rings. The minimum absolute atomic E-state index is 0.0222. The number of aldehydes is 1. The lowest BCUT2D eigenvalue weighted by Crippen LogP contribution is -2.30. The Kier molecular flexibility index (Phi) is 8.89. The maximum Gasteiger partial charge on any atom is 0.347 e. The van der Waals surface area contributed by atoms with Gasteiger partial charge in [-0.2, -0.15) is 0 Å². The van der Waals surface area contributed by atoms with Gasteiger partial charge in [0.25, 0.3) is 0 Å². The summed E-state index contributed by atoms with van der Waals surface area (Å²) in [5.74, 6) is 0.240. The van der Waals surface area contributed by atoms with Crippen molar-refractivity contribution in [3.8, 4) is 22.9 Å². The maximum atomic E-state index is 12.3. The Balaban J connectivity index is 1.84. The number of esters is 2. The van der Waals surface area contributed by atoms with Gasteiger partial charge in [0.1, 0.15) is 24.4 Å². The largest absolute Gasteiger partial charge is 0.496 e. The van der Waals surface area contributed by atoms with Crippen molar-refractivity contribution in [1.82, 2.24) is 9.97 Å². The van der Waals surface area contributed by atoms with Crippen LogP contribution < -0.4 is 9.47 Å². The van der Waals surface area contributed by atoms with Crippen molar-refractivity contribution in [1.29, 1.82) is 0 Å². The smallest absolute Gasteiger partial charge is 0.347 e. The number of hydrogen-bond acceptors (Lipinski definition) is 9. The van der Waals surface area contributed by atoms with Gasteiger partial charge in [-0.1, -0.05) is 12.1 Å². The van der Waals surface area contributed by atoms with Crippen LogP contribution in [0.3, 0.4) is 0 Å². The van der Waals surface area contributed by atoms with E-state index in [-0.39, 0.29) is 19.6 Å². The predicted octanol–water partition coefficient (Wildman–Crippen LogP) is 3.58. The molecule has 0 fully saturated rings. The van der Waals surface area contributed by atoms with E-state index in [0.717, 1.165) is 5.56 Å². The number of hydrogen-bond donors (Lipinski definition) is 0. The normalized spacial score (nSPS) is 11.3. The van der Waals surface area contributed by atoms with Crippen LogP contribution in [0.1, 0.15) is 35.5 Å². The van der Waals surface area contributed by atoms with Gasteiger partial charge in [0, 0.05) is 25.1 Å². The first-order chi connectivity index (χ1) is 16.9. The molecule has 182 valence electrons. The molecular weight excluding hydrogens is 452 g/mol. The summed E-state index contributed by atoms with van der Waals surface area (Å²) < 4.78 is 21.6. The number of nitrogens with zero attached hydrogens (tertiary/aromatic N) is 2. The molecule has 0 N–H and O–H groups in total. The van der Waals surface area contributed by atoms with Gasteiger partial charge in [0.05, 0.1) is 25.0 Å². The standard InChI is InChI=1S/C26H26N2O7/c1-4-33-26(31)24(35-17(2)30)14-19-13-18(15-29)9-10-22(19)34-16-20-11-12-27-25(28-20)21-7-5-6-8-23(21)32-3/h5-13,15,24H,4,14,16H2,1-3H3/t24-/m1/s1. The minimum Gasteiger partial charge on any atom is -0.496 e. The quantitative estimate of drug-likeness (QED) is 0.301. The number of rotatable bonds is 11. The molecule has 0 saturated heterocycles. The fraction of sp³-hybridized carbons (Fsp3) is 0.269. The molecule has 3 rings (SSSR count). The van der Waals surface area contributed by atoms with Gasteiger partial charge in [-0.05, 0) is 48.9 Å². The van der Waals surface area contributed by atoms with E-state index in [1.807, 2.05) is 24.3 Å². The highest BCUT2D eigenvalue weighted by Crippen LogP contribution is 2.27. The zero-order chi connectivity index (χ0) is 25.2. The Bertz CT molecular complexity index is 1200. The molecule has 0 amide bonds. The van der Waals surface area contributed by atoms with Crippen LogP contribution in [0.2, 0.25) is 0 Å². The van der Waals surface area contributed by atoms with Gasteiger partial charge in [-0.25, -0.2) is 14.8 Å². The number of para-hydroxylation sites is 1. The lowest BCUT2D eigenvalue weighted by molar-refractivity contribution is -0.166. The van der Waals surface area contributed by atoms with Crippen LogP contribution >= 0.6 is 0 Å². The van der Waals surface area contributed by atoms with Crippen LogP contribution in [0.4, 0.5) is 0 Å². The predicted molar refractivity (Wildman–Crippen MR) is 126 cm³/mol. The summed E-state index contributed by atoms with van der Waals surface area (Å²) in [6.07, 6.45) is 1.11. The molecule has 1 heterocycles. The van der Waals surface area contributed by atoms with E-state index in [9.17, 15) is 14.4 Å². The number of benzene rings is 2. The molecule has 0 bridgehead atoms. The van der Waals surface area contributed by atoms with E-state index >= 15 is 0 Å². The monoisotopic (exact) mass is 478 g/mol. The van der Waals surface area contributed by atoms with Gasteiger partial charge in [0.2, 0.25) is 6.10 Å². The second-order valence-corrected chi connectivity index (χ2v) is 7.40. The average molecular weight is 479 g/mol. The molecule has 9 heteroatoms. The topological polar surface area (TPSA) is 114 Å². The molecule has 0 aliphatic carbocycles. The van der Waals surface area contributed by atoms with Crippen molar-refractivity contribution in [3.63, 3.8) is 0 Å². The maximum absolute atomic E-state index is 12.3. The molecule has 0 radical (unpaired) electrons. The lowest BCUT2D eigenvalue weighted by atomic mass is 10.0. The number of carbonyl (C=O) groups is 3.